The van der Waals surface area contributed by atoms with Gasteiger partial charge >= 0.3 is 266 Å². The van der Waals surface area contributed by atoms with Crippen LogP contribution in [-0.2, 0) is 12.8 Å². The molecule has 0 amide bonds. The van der Waals surface area contributed by atoms with Crippen molar-refractivity contribution in [2.75, 3.05) is 0 Å². The van der Waals surface area contributed by atoms with Gasteiger partial charge in [0.05, 0.1) is 0 Å². The van der Waals surface area contributed by atoms with Crippen LogP contribution >= 0.6 is 34.0 Å². The van der Waals surface area contributed by atoms with Crippen LogP contribution in [0.15, 0.2) is 0 Å². The van der Waals surface area contributed by atoms with Crippen molar-refractivity contribution in [2.24, 2.45) is 0 Å². The van der Waals surface area contributed by atoms with E-state index in [1.807, 2.05) is 16.9 Å². The van der Waals surface area contributed by atoms with Gasteiger partial charge in [-0.05, 0) is 0 Å². The van der Waals surface area contributed by atoms with Crippen LogP contribution in [0.1, 0.15) is 128 Å². The molecule has 0 aromatic carbocycles. The molecule has 3 rings (SSSR count). The van der Waals surface area contributed by atoms with Crippen molar-refractivity contribution in [3.05, 3.63) is 11.1 Å². The minimum atomic E-state index is -2.16. The molecule has 0 atom stereocenters. The Hall–Kier alpha value is 1.22. The summed E-state index contributed by atoms with van der Waals surface area (Å²) in [5.74, 6) is 0. The van der Waals surface area contributed by atoms with Gasteiger partial charge in [0.25, 0.3) is 0 Å². The molecule has 3 aromatic rings. The summed E-state index contributed by atoms with van der Waals surface area (Å²) in [4.78, 5) is 15.9. The second-order valence-electron chi connectivity index (χ2n) is 14.2. The van der Waals surface area contributed by atoms with E-state index >= 15 is 0 Å². The van der Waals surface area contributed by atoms with E-state index in [1.54, 1.807) is 18.8 Å². The third-order valence-electron chi connectivity index (χ3n) is 8.25. The van der Waals surface area contributed by atoms with Gasteiger partial charge < -0.3 is 0 Å². The zero-order valence-electron chi connectivity index (χ0n) is 27.0. The molecular formula is C34H60S3Sn2. The Labute approximate surface area is 262 Å². The SMILES string of the molecule is CCCCCCCCCCc1[c]([Sn]([CH3])([CH3])[CH3])sc2c1sc1c(CCCCCCCCCC)[c]([Sn]([CH3])([CH3])[CH3])sc12. The van der Waals surface area contributed by atoms with E-state index in [9.17, 15) is 0 Å². The zero-order valence-corrected chi connectivity index (χ0v) is 35.1. The van der Waals surface area contributed by atoms with Crippen LogP contribution in [0.2, 0.25) is 29.6 Å². The van der Waals surface area contributed by atoms with Crippen LogP contribution in [0.25, 0.3) is 18.8 Å². The summed E-state index contributed by atoms with van der Waals surface area (Å²) in [5.41, 5.74) is 3.63. The Morgan fingerprint density at radius 3 is 1.00 bits per heavy atom. The van der Waals surface area contributed by atoms with Crippen LogP contribution in [-0.4, -0.2) is 36.8 Å². The summed E-state index contributed by atoms with van der Waals surface area (Å²) in [6.45, 7) is 4.64. The Balaban J connectivity index is 1.78. The van der Waals surface area contributed by atoms with Crippen molar-refractivity contribution >= 4 is 95.4 Å². The van der Waals surface area contributed by atoms with E-state index in [4.69, 9.17) is 0 Å². The van der Waals surface area contributed by atoms with Gasteiger partial charge in [-0.2, -0.15) is 0 Å². The number of unbranched alkanes of at least 4 members (excludes halogenated alkanes) is 14. The Bertz CT molecular complexity index is 1030. The van der Waals surface area contributed by atoms with Crippen molar-refractivity contribution in [2.45, 2.75) is 159 Å². The number of thiophene rings is 3. The topological polar surface area (TPSA) is 0 Å². The van der Waals surface area contributed by atoms with Crippen molar-refractivity contribution in [1.29, 1.82) is 0 Å². The fourth-order valence-electron chi connectivity index (χ4n) is 6.05. The average Bonchev–Trinajstić information content (AvgIpc) is 3.51. The number of hydrogen-bond acceptors (Lipinski definition) is 3. The predicted molar refractivity (Wildman–Crippen MR) is 194 cm³/mol. The molecular weight excluding hydrogens is 742 g/mol. The maximum absolute atomic E-state index is 2.65. The molecule has 0 aliphatic rings. The molecule has 222 valence electrons. The van der Waals surface area contributed by atoms with E-state index < -0.39 is 36.8 Å². The maximum atomic E-state index is 2.65. The summed E-state index contributed by atoms with van der Waals surface area (Å²) in [6, 6.07) is 0. The molecule has 3 aromatic heterocycles. The molecule has 0 nitrogen and oxygen atoms in total. The van der Waals surface area contributed by atoms with Gasteiger partial charge in [-0.1, -0.05) is 0 Å². The second-order valence-corrected chi connectivity index (χ2v) is 47.9. The van der Waals surface area contributed by atoms with Gasteiger partial charge in [0.15, 0.2) is 0 Å². The van der Waals surface area contributed by atoms with Crippen molar-refractivity contribution < 1.29 is 0 Å². The number of rotatable bonds is 20. The Kier molecular flexibility index (Phi) is 15.0. The zero-order chi connectivity index (χ0) is 28.5. The van der Waals surface area contributed by atoms with E-state index in [0.29, 0.717) is 0 Å². The molecule has 0 bridgehead atoms. The molecule has 3 heterocycles. The van der Waals surface area contributed by atoms with Gasteiger partial charge in [0.2, 0.25) is 0 Å². The molecule has 0 aliphatic carbocycles. The van der Waals surface area contributed by atoms with E-state index in [0.717, 1.165) is 0 Å². The molecule has 0 saturated heterocycles. The number of aryl methyl sites for hydroxylation is 2. The van der Waals surface area contributed by atoms with E-state index in [1.165, 1.54) is 116 Å². The molecule has 0 spiro atoms. The number of fused-ring (bicyclic) bond motifs is 3. The minimum absolute atomic E-state index is 1.34. The van der Waals surface area contributed by atoms with Crippen LogP contribution < -0.4 is 5.79 Å². The van der Waals surface area contributed by atoms with Crippen LogP contribution in [0.3, 0.4) is 0 Å². The first-order chi connectivity index (χ1) is 18.6. The molecule has 0 N–H and O–H groups in total. The summed E-state index contributed by atoms with van der Waals surface area (Å²) in [6.07, 6.45) is 25.4. The molecule has 0 radical (unpaired) electrons. The van der Waals surface area contributed by atoms with Crippen LogP contribution in [0.5, 0.6) is 0 Å². The van der Waals surface area contributed by atoms with Gasteiger partial charge in [-0.25, -0.2) is 0 Å². The molecule has 0 fully saturated rings. The number of hydrogen-bond donors (Lipinski definition) is 0. The summed E-state index contributed by atoms with van der Waals surface area (Å²) in [5, 5.41) is 0. The fraction of sp³-hybridized carbons (Fsp3) is 0.765. The van der Waals surface area contributed by atoms with Crippen molar-refractivity contribution in [3.8, 4) is 0 Å². The molecule has 0 saturated carbocycles. The Morgan fingerprint density at radius 2 is 0.692 bits per heavy atom. The standard InChI is InChI=1S/C28H42S3.6CH3.2Sn/c1-3-5-7-9-11-13-15-17-19-23-21-29-27-25(23)31-26-24(22-30-28(26)27)20-18-16-14-12-10-8-6-4-2;;;;;;;;/h3-20H2,1-2H3;6*1H3;;. The fourth-order valence-corrected chi connectivity index (χ4v) is 24.9. The van der Waals surface area contributed by atoms with Crippen molar-refractivity contribution in [3.63, 3.8) is 0 Å². The van der Waals surface area contributed by atoms with Gasteiger partial charge in [-0.15, -0.1) is 0 Å². The quantitative estimate of drug-likeness (QED) is 0.0789. The monoisotopic (exact) mass is 804 g/mol. The molecule has 39 heavy (non-hydrogen) atoms. The van der Waals surface area contributed by atoms with E-state index in [2.05, 4.69) is 77.5 Å². The van der Waals surface area contributed by atoms with Crippen LogP contribution in [0.4, 0.5) is 0 Å². The Morgan fingerprint density at radius 1 is 0.385 bits per heavy atom. The first kappa shape index (κ1) is 34.7. The van der Waals surface area contributed by atoms with Gasteiger partial charge in [0, 0.05) is 0 Å². The van der Waals surface area contributed by atoms with Crippen LogP contribution in [0, 0.1) is 0 Å². The third-order valence-corrected chi connectivity index (χ3v) is 31.5. The second kappa shape index (κ2) is 16.9. The van der Waals surface area contributed by atoms with Gasteiger partial charge in [-0.3, -0.25) is 0 Å². The summed E-state index contributed by atoms with van der Waals surface area (Å²) >= 11 is 2.42. The normalized spacial score (nSPS) is 12.9. The average molecular weight is 802 g/mol. The molecule has 0 aliphatic heterocycles. The predicted octanol–water partition coefficient (Wildman–Crippen LogP) is 12.6. The first-order valence-electron chi connectivity index (χ1n) is 16.6. The first-order valence-corrected chi connectivity index (χ1v) is 39.0. The summed E-state index contributed by atoms with van der Waals surface area (Å²) < 4.78 is 10.6. The third kappa shape index (κ3) is 10.1. The van der Waals surface area contributed by atoms with Gasteiger partial charge in [0.1, 0.15) is 0 Å². The van der Waals surface area contributed by atoms with Crippen molar-refractivity contribution in [1.82, 2.24) is 0 Å². The molecule has 5 heteroatoms. The van der Waals surface area contributed by atoms with E-state index in [-0.39, 0.29) is 0 Å². The summed E-state index contributed by atoms with van der Waals surface area (Å²) in [7, 11) is 0. The molecule has 0 unspecified atom stereocenters.